The summed E-state index contributed by atoms with van der Waals surface area (Å²) in [6, 6.07) is 2.67. The highest BCUT2D eigenvalue weighted by atomic mass is 19.4. The smallest absolute Gasteiger partial charge is 0.170 e. The number of benzene rings is 2. The van der Waals surface area contributed by atoms with E-state index < -0.39 is 82.0 Å². The average molecular weight is 733 g/mol. The Labute approximate surface area is 263 Å². The molecule has 0 aliphatic rings. The predicted octanol–water partition coefficient (Wildman–Crippen LogP) is 13.2. The van der Waals surface area contributed by atoms with Crippen molar-refractivity contribution in [2.24, 2.45) is 0 Å². The summed E-state index contributed by atoms with van der Waals surface area (Å²) in [4.78, 5) is 0. The third-order valence-corrected chi connectivity index (χ3v) is 8.42. The summed E-state index contributed by atoms with van der Waals surface area (Å²) in [5, 5.41) is 0. The Morgan fingerprint density at radius 1 is 0.458 bits per heavy atom. The van der Waals surface area contributed by atoms with Gasteiger partial charge in [-0.25, -0.2) is 0 Å². The third kappa shape index (κ3) is 8.48. The number of hydrogen-bond donors (Lipinski definition) is 0. The first-order chi connectivity index (χ1) is 21.1. The van der Waals surface area contributed by atoms with E-state index in [1.807, 2.05) is 0 Å². The molecule has 2 aromatic carbocycles. The Kier molecular flexibility index (Phi) is 12.4. The van der Waals surface area contributed by atoms with Crippen LogP contribution in [-0.4, -0.2) is 24.7 Å². The van der Waals surface area contributed by atoms with E-state index in [0.717, 1.165) is 6.07 Å². The predicted molar refractivity (Wildman–Crippen MR) is 139 cm³/mol. The van der Waals surface area contributed by atoms with Crippen LogP contribution in [0, 0.1) is 0 Å². The van der Waals surface area contributed by atoms with Crippen LogP contribution in [-0.2, 0) is 23.2 Å². The van der Waals surface area contributed by atoms with Crippen LogP contribution in [0.4, 0.5) is 79.0 Å². The van der Waals surface area contributed by atoms with E-state index in [0.29, 0.717) is 24.6 Å². The zero-order chi connectivity index (χ0) is 38.3. The molecule has 2 aromatic rings. The molecule has 0 aliphatic heterocycles. The van der Waals surface area contributed by atoms with Gasteiger partial charge in [0, 0.05) is 0 Å². The molecule has 0 nitrogen and oxygen atoms in total. The van der Waals surface area contributed by atoms with Gasteiger partial charge in [-0.15, -0.1) is 0 Å². The normalized spacial score (nSPS) is 15.5. The molecule has 276 valence electrons. The van der Waals surface area contributed by atoms with Gasteiger partial charge in [-0.05, 0) is 72.9 Å². The molecule has 2 unspecified atom stereocenters. The number of alkyl halides is 18. The Balaban J connectivity index is 0.000000480. The van der Waals surface area contributed by atoms with E-state index in [1.54, 1.807) is 13.8 Å². The largest absolute Gasteiger partial charge is 0.416 e. The van der Waals surface area contributed by atoms with E-state index in [2.05, 4.69) is 0 Å². The first-order valence-electron chi connectivity index (χ1n) is 13.8. The van der Waals surface area contributed by atoms with Crippen LogP contribution < -0.4 is 0 Å². The summed E-state index contributed by atoms with van der Waals surface area (Å²) >= 11 is 0. The number of rotatable bonds is 6. The summed E-state index contributed by atoms with van der Waals surface area (Å²) < 4.78 is 236. The maximum Gasteiger partial charge on any atom is 0.416 e. The van der Waals surface area contributed by atoms with Crippen molar-refractivity contribution in [2.75, 3.05) is 0 Å². The first kappa shape index (κ1) is 43.2. The zero-order valence-corrected chi connectivity index (χ0v) is 25.8. The lowest BCUT2D eigenvalue weighted by Crippen LogP contribution is -2.52. The summed E-state index contributed by atoms with van der Waals surface area (Å²) in [5.74, 6) is -1.11. The summed E-state index contributed by atoms with van der Waals surface area (Å²) in [5.41, 5.74) is -16.1. The van der Waals surface area contributed by atoms with Crippen molar-refractivity contribution in [3.63, 3.8) is 0 Å². The second-order valence-electron chi connectivity index (χ2n) is 11.5. The number of halogens is 18. The summed E-state index contributed by atoms with van der Waals surface area (Å²) in [7, 11) is 0. The Morgan fingerprint density at radius 2 is 0.854 bits per heavy atom. The van der Waals surface area contributed by atoms with Crippen molar-refractivity contribution in [3.8, 4) is 0 Å². The van der Waals surface area contributed by atoms with E-state index in [4.69, 9.17) is 0 Å². The van der Waals surface area contributed by atoms with Crippen molar-refractivity contribution in [2.45, 2.75) is 114 Å². The van der Waals surface area contributed by atoms with Gasteiger partial charge in [0.15, 0.2) is 10.8 Å². The fraction of sp³-hybridized carbons (Fsp3) is 0.600. The van der Waals surface area contributed by atoms with Crippen molar-refractivity contribution >= 4 is 0 Å². The van der Waals surface area contributed by atoms with Gasteiger partial charge in [0.2, 0.25) is 0 Å². The lowest BCUT2D eigenvalue weighted by Gasteiger charge is -2.36. The monoisotopic (exact) mass is 732 g/mol. The molecule has 0 saturated carbocycles. The Hall–Kier alpha value is -2.82. The van der Waals surface area contributed by atoms with Crippen LogP contribution in [0.2, 0.25) is 0 Å². The molecule has 48 heavy (non-hydrogen) atoms. The molecule has 0 saturated heterocycles. The molecule has 2 atom stereocenters. The fourth-order valence-electron chi connectivity index (χ4n) is 4.49. The highest BCUT2D eigenvalue weighted by Gasteiger charge is 2.70. The lowest BCUT2D eigenvalue weighted by atomic mass is 9.77. The molecule has 0 fully saturated rings. The molecule has 0 spiro atoms. The van der Waals surface area contributed by atoms with E-state index in [9.17, 15) is 79.0 Å². The number of hydrogen-bond acceptors (Lipinski definition) is 0. The second kappa shape index (κ2) is 13.8. The molecule has 0 amide bonds. The molecule has 2 rings (SSSR count). The maximum absolute atomic E-state index is 13.2. The van der Waals surface area contributed by atoms with Crippen molar-refractivity contribution in [3.05, 3.63) is 69.8 Å². The first-order valence-corrected chi connectivity index (χ1v) is 13.8. The summed E-state index contributed by atoms with van der Waals surface area (Å²) in [6.07, 6.45) is -33.3. The van der Waals surface area contributed by atoms with Crippen LogP contribution in [0.15, 0.2) is 36.4 Å². The molecule has 0 aromatic heterocycles. The van der Waals surface area contributed by atoms with Gasteiger partial charge in [-0.1, -0.05) is 52.0 Å². The minimum absolute atomic E-state index is 0.0280. The fourth-order valence-corrected chi connectivity index (χ4v) is 4.49. The van der Waals surface area contributed by atoms with Gasteiger partial charge < -0.3 is 0 Å². The molecular weight excluding hydrogens is 702 g/mol. The van der Waals surface area contributed by atoms with Gasteiger partial charge >= 0.3 is 37.1 Å². The van der Waals surface area contributed by atoms with Crippen LogP contribution in [0.3, 0.4) is 0 Å². The van der Waals surface area contributed by atoms with E-state index >= 15 is 0 Å². The maximum atomic E-state index is 13.2. The molecule has 0 aliphatic carbocycles. The topological polar surface area (TPSA) is 0 Å². The SMILES string of the molecule is CCC(C)c1ccc(C(C)(C(F)(F)F)C(F)(F)F)c(C(F)(F)F)c1.CCC(C)c1ccc(C(C)(C(F)(F)F)C(F)(F)F)cc1C(F)(F)F. The average Bonchev–Trinajstić information content (AvgIpc) is 2.91. The van der Waals surface area contributed by atoms with Gasteiger partial charge in [0.25, 0.3) is 0 Å². The summed E-state index contributed by atoms with van der Waals surface area (Å²) in [6.45, 7) is 5.71. The second-order valence-corrected chi connectivity index (χ2v) is 11.5. The quantitative estimate of drug-likeness (QED) is 0.260. The highest BCUT2D eigenvalue weighted by Crippen LogP contribution is 2.55. The van der Waals surface area contributed by atoms with Crippen LogP contribution in [0.25, 0.3) is 0 Å². The molecule has 0 N–H and O–H groups in total. The van der Waals surface area contributed by atoms with Gasteiger partial charge in [-0.2, -0.15) is 79.0 Å². The minimum Gasteiger partial charge on any atom is -0.170 e. The van der Waals surface area contributed by atoms with Gasteiger partial charge in [0.05, 0.1) is 11.1 Å². The van der Waals surface area contributed by atoms with Crippen LogP contribution >= 0.6 is 0 Å². The van der Waals surface area contributed by atoms with Crippen molar-refractivity contribution in [1.29, 1.82) is 0 Å². The Morgan fingerprint density at radius 3 is 1.19 bits per heavy atom. The minimum atomic E-state index is -5.94. The third-order valence-electron chi connectivity index (χ3n) is 8.42. The van der Waals surface area contributed by atoms with Gasteiger partial charge in [-0.3, -0.25) is 0 Å². The molecule has 0 bridgehead atoms. The van der Waals surface area contributed by atoms with Crippen molar-refractivity contribution in [1.82, 2.24) is 0 Å². The van der Waals surface area contributed by atoms with Gasteiger partial charge in [0.1, 0.15) is 0 Å². The van der Waals surface area contributed by atoms with E-state index in [-0.39, 0.29) is 43.5 Å². The zero-order valence-electron chi connectivity index (χ0n) is 25.8. The van der Waals surface area contributed by atoms with E-state index in [1.165, 1.54) is 13.8 Å². The van der Waals surface area contributed by atoms with Crippen LogP contribution in [0.5, 0.6) is 0 Å². The van der Waals surface area contributed by atoms with Crippen molar-refractivity contribution < 1.29 is 79.0 Å². The lowest BCUT2D eigenvalue weighted by molar-refractivity contribution is -0.299. The molecular formula is C30H30F18. The molecule has 18 heteroatoms. The standard InChI is InChI=1S/2C15H15F9/c1-4-8(2)10-6-5-9(7-11(10)13(16,17)18)12(3,14(19,20)21)15(22,23)24;1-4-8(2)9-5-6-10(11(7-9)13(16,17)18)12(3,14(19,20)21)15(22,23)24/h2*5-8H,4H2,1-3H3. The highest BCUT2D eigenvalue weighted by molar-refractivity contribution is 5.43. The molecule has 0 heterocycles. The molecule has 0 radical (unpaired) electrons. The van der Waals surface area contributed by atoms with Crippen LogP contribution in [0.1, 0.15) is 99.6 Å². The Bertz CT molecular complexity index is 1340.